The average Bonchev–Trinajstić information content (AvgIpc) is 2.22. The number of hydrogen-bond acceptors (Lipinski definition) is 0. The van der Waals surface area contributed by atoms with E-state index in [9.17, 15) is 0 Å². The van der Waals surface area contributed by atoms with Crippen molar-refractivity contribution < 1.29 is 0 Å². The highest BCUT2D eigenvalue weighted by Crippen LogP contribution is 2.45. The second-order valence-corrected chi connectivity index (χ2v) is 2.90. The van der Waals surface area contributed by atoms with Gasteiger partial charge in [-0.3, -0.25) is 0 Å². The minimum absolute atomic E-state index is 1.13. The lowest BCUT2D eigenvalue weighted by molar-refractivity contribution is 0.528. The number of rotatable bonds is 0. The molecule has 0 aromatic heterocycles. The Morgan fingerprint density at radius 1 is 1.14 bits per heavy atom. The minimum atomic E-state index is 1.13. The van der Waals surface area contributed by atoms with Crippen LogP contribution in [0, 0.1) is 11.8 Å². The van der Waals surface area contributed by atoms with Crippen molar-refractivity contribution in [3.63, 3.8) is 0 Å². The van der Waals surface area contributed by atoms with Crippen molar-refractivity contribution in [2.45, 2.75) is 32.1 Å². The third kappa shape index (κ3) is 0.457. The Bertz CT molecular complexity index is 58.1. The summed E-state index contributed by atoms with van der Waals surface area (Å²) in [4.78, 5) is 0. The van der Waals surface area contributed by atoms with Gasteiger partial charge in [-0.25, -0.2) is 0 Å². The van der Waals surface area contributed by atoms with Crippen molar-refractivity contribution in [3.8, 4) is 0 Å². The van der Waals surface area contributed by atoms with Crippen LogP contribution in [0.3, 0.4) is 0 Å². The second-order valence-electron chi connectivity index (χ2n) is 2.90. The van der Waals surface area contributed by atoms with Gasteiger partial charge in [-0.1, -0.05) is 0 Å². The van der Waals surface area contributed by atoms with E-state index < -0.39 is 0 Å². The molecule has 0 saturated heterocycles. The smallest absolute Gasteiger partial charge is 0.00527 e. The molecule has 0 nitrogen and oxygen atoms in total. The van der Waals surface area contributed by atoms with Gasteiger partial charge in [0.15, 0.2) is 0 Å². The Labute approximate surface area is 44.9 Å². The Kier molecular flexibility index (Phi) is 0.643. The van der Waals surface area contributed by atoms with Gasteiger partial charge in [-0.15, -0.1) is 0 Å². The van der Waals surface area contributed by atoms with Gasteiger partial charge >= 0.3 is 0 Å². The Morgan fingerprint density at radius 2 is 1.86 bits per heavy atom. The van der Waals surface area contributed by atoms with Crippen molar-refractivity contribution in [3.05, 3.63) is 5.92 Å². The van der Waals surface area contributed by atoms with Gasteiger partial charge in [0.05, 0.1) is 25.2 Å². The van der Waals surface area contributed by atoms with Crippen molar-refractivity contribution in [1.82, 2.24) is 0 Å². The maximum absolute atomic E-state index is 1.87. The normalized spacial score (nSPS) is 30.0. The maximum atomic E-state index is 1.87. The van der Waals surface area contributed by atoms with Crippen LogP contribution >= 0.6 is 0 Å². The summed E-state index contributed by atoms with van der Waals surface area (Å²) in [5.41, 5.74) is 0. The molecule has 0 aliphatic heterocycles. The third-order valence-corrected chi connectivity index (χ3v) is 2.39. The van der Waals surface area contributed by atoms with E-state index >= 15 is 0 Å². The molecule has 0 N–H and O–H groups in total. The topological polar surface area (TPSA) is 0 Å². The standard InChI is InChI=1S/C7H11/c1-2-7-4-3-6(1)5-7/h6H,1-5H2/q+1. The summed E-state index contributed by atoms with van der Waals surface area (Å²) < 4.78 is 0. The first-order valence-corrected chi connectivity index (χ1v) is 3.29. The van der Waals surface area contributed by atoms with E-state index in [2.05, 4.69) is 0 Å². The van der Waals surface area contributed by atoms with Gasteiger partial charge in [0, 0.05) is 5.92 Å². The summed E-state index contributed by atoms with van der Waals surface area (Å²) >= 11 is 0. The molecule has 0 atom stereocenters. The molecule has 2 rings (SSSR count). The van der Waals surface area contributed by atoms with Gasteiger partial charge in [0.25, 0.3) is 0 Å². The van der Waals surface area contributed by atoms with Crippen LogP contribution in [0.2, 0.25) is 0 Å². The molecule has 2 fully saturated rings. The quantitative estimate of drug-likeness (QED) is 0.404. The first-order chi connectivity index (χ1) is 3.45. The summed E-state index contributed by atoms with van der Waals surface area (Å²) in [5, 5.41) is 0. The number of fused-ring (bicyclic) bond motifs is 2. The van der Waals surface area contributed by atoms with Crippen molar-refractivity contribution >= 4 is 0 Å². The summed E-state index contributed by atoms with van der Waals surface area (Å²) in [6.07, 6.45) is 7.50. The molecule has 0 spiro atoms. The van der Waals surface area contributed by atoms with E-state index in [0.29, 0.717) is 0 Å². The zero-order chi connectivity index (χ0) is 4.69. The van der Waals surface area contributed by atoms with Gasteiger partial charge in [0.1, 0.15) is 0 Å². The Balaban J connectivity index is 2.12. The summed E-state index contributed by atoms with van der Waals surface area (Å²) in [5.74, 6) is 3.00. The fraction of sp³-hybridized carbons (Fsp3) is 0.857. The zero-order valence-electron chi connectivity index (χ0n) is 4.61. The van der Waals surface area contributed by atoms with Crippen LogP contribution in [0.4, 0.5) is 0 Å². The molecule has 0 aromatic carbocycles. The lowest BCUT2D eigenvalue weighted by atomic mass is 10.0. The predicted octanol–water partition coefficient (Wildman–Crippen LogP) is 2.15. The minimum Gasteiger partial charge on any atom is -0.00527 e. The van der Waals surface area contributed by atoms with E-state index in [4.69, 9.17) is 0 Å². The SMILES string of the molecule is C1CC2CC[C+]1C2. The summed E-state index contributed by atoms with van der Waals surface area (Å²) in [6.45, 7) is 0. The van der Waals surface area contributed by atoms with Crippen LogP contribution in [-0.2, 0) is 0 Å². The maximum Gasteiger partial charge on any atom is 0.0931 e. The van der Waals surface area contributed by atoms with Crippen LogP contribution in [-0.4, -0.2) is 0 Å². The highest BCUT2D eigenvalue weighted by molar-refractivity contribution is 5.04. The van der Waals surface area contributed by atoms with Crippen molar-refractivity contribution in [2.75, 3.05) is 0 Å². The molecular formula is C7H11+. The van der Waals surface area contributed by atoms with Gasteiger partial charge < -0.3 is 0 Å². The van der Waals surface area contributed by atoms with Crippen molar-refractivity contribution in [2.24, 2.45) is 5.92 Å². The molecule has 2 aliphatic rings. The van der Waals surface area contributed by atoms with E-state index in [-0.39, 0.29) is 0 Å². The molecule has 2 aliphatic carbocycles. The molecule has 0 aromatic rings. The van der Waals surface area contributed by atoms with E-state index in [1.807, 2.05) is 5.92 Å². The average molecular weight is 95.2 g/mol. The molecule has 2 bridgehead atoms. The lowest BCUT2D eigenvalue weighted by Gasteiger charge is -1.96. The lowest BCUT2D eigenvalue weighted by Crippen LogP contribution is -1.89. The first kappa shape index (κ1) is 3.82. The summed E-state index contributed by atoms with van der Waals surface area (Å²) in [7, 11) is 0. The van der Waals surface area contributed by atoms with Gasteiger partial charge in [-0.05, 0) is 12.8 Å². The molecular weight excluding hydrogens is 84.1 g/mol. The Hall–Kier alpha value is -0.130. The molecule has 38 valence electrons. The molecule has 0 heterocycles. The zero-order valence-corrected chi connectivity index (χ0v) is 4.61. The molecule has 0 radical (unpaired) electrons. The molecule has 7 heavy (non-hydrogen) atoms. The highest BCUT2D eigenvalue weighted by Gasteiger charge is 2.40. The first-order valence-electron chi connectivity index (χ1n) is 3.29. The fourth-order valence-corrected chi connectivity index (χ4v) is 1.90. The van der Waals surface area contributed by atoms with Crippen LogP contribution in [0.15, 0.2) is 0 Å². The van der Waals surface area contributed by atoms with Crippen molar-refractivity contribution in [1.29, 1.82) is 0 Å². The largest absolute Gasteiger partial charge is 0.0931 e. The molecule has 0 heteroatoms. The highest BCUT2D eigenvalue weighted by atomic mass is 14.4. The fourth-order valence-electron chi connectivity index (χ4n) is 1.90. The van der Waals surface area contributed by atoms with E-state index in [0.717, 1.165) is 5.92 Å². The van der Waals surface area contributed by atoms with E-state index in [1.54, 1.807) is 0 Å². The van der Waals surface area contributed by atoms with Crippen LogP contribution in [0.5, 0.6) is 0 Å². The second kappa shape index (κ2) is 1.18. The van der Waals surface area contributed by atoms with Crippen LogP contribution < -0.4 is 0 Å². The van der Waals surface area contributed by atoms with Crippen LogP contribution in [0.1, 0.15) is 32.1 Å². The molecule has 0 unspecified atom stereocenters. The Morgan fingerprint density at radius 3 is 2.00 bits per heavy atom. The number of hydrogen-bond donors (Lipinski definition) is 0. The summed E-state index contributed by atoms with van der Waals surface area (Å²) in [6, 6.07) is 0. The van der Waals surface area contributed by atoms with Crippen LogP contribution in [0.25, 0.3) is 0 Å². The monoisotopic (exact) mass is 95.1 g/mol. The predicted molar refractivity (Wildman–Crippen MR) is 29.8 cm³/mol. The molecule has 0 amide bonds. The van der Waals surface area contributed by atoms with E-state index in [1.165, 1.54) is 32.1 Å². The molecule has 2 saturated carbocycles. The third-order valence-electron chi connectivity index (χ3n) is 2.39. The van der Waals surface area contributed by atoms with Gasteiger partial charge in [-0.2, -0.15) is 0 Å². The van der Waals surface area contributed by atoms with Gasteiger partial charge in [0.2, 0.25) is 0 Å².